The van der Waals surface area contributed by atoms with Gasteiger partial charge in [0.25, 0.3) is 0 Å². The van der Waals surface area contributed by atoms with Crippen molar-refractivity contribution in [3.05, 3.63) is 30.1 Å². The molecule has 2 aromatic rings. The van der Waals surface area contributed by atoms with Gasteiger partial charge in [-0.2, -0.15) is 13.2 Å². The zero-order valence-electron chi connectivity index (χ0n) is 11.2. The first-order valence-electron chi connectivity index (χ1n) is 6.76. The number of para-hydroxylation sites is 2. The molecule has 1 N–H and O–H groups in total. The summed E-state index contributed by atoms with van der Waals surface area (Å²) >= 11 is 0. The molecule has 1 amide bonds. The molecule has 4 nitrogen and oxygen atoms in total. The lowest BCUT2D eigenvalue weighted by atomic mass is 9.97. The molecule has 0 radical (unpaired) electrons. The van der Waals surface area contributed by atoms with Gasteiger partial charge in [0, 0.05) is 19.0 Å². The zero-order valence-corrected chi connectivity index (χ0v) is 11.2. The van der Waals surface area contributed by atoms with Gasteiger partial charge in [-0.15, -0.1) is 0 Å². The average Bonchev–Trinajstić information content (AvgIpc) is 2.89. The second kappa shape index (κ2) is 5.05. The Balaban J connectivity index is 1.81. The summed E-state index contributed by atoms with van der Waals surface area (Å²) in [4.78, 5) is 19.8. The molecule has 0 bridgehead atoms. The molecule has 1 atom stereocenters. The number of carbonyl (C=O) groups excluding carboxylic acids is 1. The second-order valence-electron chi connectivity index (χ2n) is 5.23. The van der Waals surface area contributed by atoms with Gasteiger partial charge in [-0.3, -0.25) is 4.79 Å². The molecule has 3 rings (SSSR count). The van der Waals surface area contributed by atoms with Crippen LogP contribution in [-0.2, 0) is 4.79 Å². The number of fused-ring (bicyclic) bond motifs is 1. The van der Waals surface area contributed by atoms with Crippen molar-refractivity contribution in [2.24, 2.45) is 0 Å². The van der Waals surface area contributed by atoms with Gasteiger partial charge in [0.05, 0.1) is 11.0 Å². The van der Waals surface area contributed by atoms with Gasteiger partial charge in [-0.1, -0.05) is 12.1 Å². The molecule has 0 saturated carbocycles. The van der Waals surface area contributed by atoms with Crippen LogP contribution in [0.5, 0.6) is 0 Å². The summed E-state index contributed by atoms with van der Waals surface area (Å²) in [7, 11) is 0. The predicted octanol–water partition coefficient (Wildman–Crippen LogP) is 2.83. The van der Waals surface area contributed by atoms with Gasteiger partial charge >= 0.3 is 12.1 Å². The molecule has 7 heteroatoms. The minimum absolute atomic E-state index is 0.0537. The number of imidazole rings is 1. The van der Waals surface area contributed by atoms with Crippen molar-refractivity contribution < 1.29 is 18.0 Å². The summed E-state index contributed by atoms with van der Waals surface area (Å²) < 4.78 is 37.5. The van der Waals surface area contributed by atoms with Crippen LogP contribution in [0.4, 0.5) is 13.2 Å². The van der Waals surface area contributed by atoms with E-state index < -0.39 is 12.1 Å². The predicted molar refractivity (Wildman–Crippen MR) is 70.7 cm³/mol. The summed E-state index contributed by atoms with van der Waals surface area (Å²) in [6.07, 6.45) is -3.54. The molecule has 1 aliphatic rings. The Bertz CT molecular complexity index is 632. The number of hydrogen-bond donors (Lipinski definition) is 1. The lowest BCUT2D eigenvalue weighted by Crippen LogP contribution is -2.45. The van der Waals surface area contributed by atoms with Crippen LogP contribution in [0.15, 0.2) is 24.3 Å². The van der Waals surface area contributed by atoms with Crippen LogP contribution in [0, 0.1) is 0 Å². The van der Waals surface area contributed by atoms with Gasteiger partial charge in [0.1, 0.15) is 5.82 Å². The second-order valence-corrected chi connectivity index (χ2v) is 5.23. The number of nitrogens with one attached hydrogen (secondary N) is 1. The maximum atomic E-state index is 12.5. The highest BCUT2D eigenvalue weighted by molar-refractivity contribution is 5.82. The van der Waals surface area contributed by atoms with E-state index in [-0.39, 0.29) is 19.0 Å². The quantitative estimate of drug-likeness (QED) is 0.880. The van der Waals surface area contributed by atoms with Crippen LogP contribution in [0.1, 0.15) is 24.6 Å². The largest absolute Gasteiger partial charge is 0.471 e. The van der Waals surface area contributed by atoms with Crippen LogP contribution in [0.2, 0.25) is 0 Å². The minimum Gasteiger partial charge on any atom is -0.342 e. The van der Waals surface area contributed by atoms with Crippen LogP contribution >= 0.6 is 0 Å². The third kappa shape index (κ3) is 2.72. The van der Waals surface area contributed by atoms with Crippen molar-refractivity contribution in [2.75, 3.05) is 13.1 Å². The van der Waals surface area contributed by atoms with E-state index in [1.807, 2.05) is 24.3 Å². The Morgan fingerprint density at radius 1 is 1.33 bits per heavy atom. The van der Waals surface area contributed by atoms with Gasteiger partial charge in [0.2, 0.25) is 0 Å². The molecule has 1 saturated heterocycles. The summed E-state index contributed by atoms with van der Waals surface area (Å²) in [5.41, 5.74) is 1.64. The molecule has 0 spiro atoms. The topological polar surface area (TPSA) is 49.0 Å². The first-order valence-corrected chi connectivity index (χ1v) is 6.76. The number of likely N-dealkylation sites (tertiary alicyclic amines) is 1. The van der Waals surface area contributed by atoms with E-state index in [0.717, 1.165) is 22.4 Å². The van der Waals surface area contributed by atoms with Crippen molar-refractivity contribution >= 4 is 16.9 Å². The van der Waals surface area contributed by atoms with Gasteiger partial charge < -0.3 is 9.88 Å². The monoisotopic (exact) mass is 297 g/mol. The lowest BCUT2D eigenvalue weighted by molar-refractivity contribution is -0.186. The Hall–Kier alpha value is -2.05. The highest BCUT2D eigenvalue weighted by Gasteiger charge is 2.43. The standard InChI is InChI=1S/C14H14F3N3O/c15-14(16,17)13(21)20-7-3-4-9(8-20)12-18-10-5-1-2-6-11(10)19-12/h1-2,5-6,9H,3-4,7-8H2,(H,18,19)/t9-/m0/s1. The zero-order chi connectivity index (χ0) is 15.0. The maximum Gasteiger partial charge on any atom is 0.471 e. The number of nitrogens with zero attached hydrogens (tertiary/aromatic N) is 2. The molecule has 1 aromatic carbocycles. The maximum absolute atomic E-state index is 12.5. The fourth-order valence-electron chi connectivity index (χ4n) is 2.73. The molecular formula is C14H14F3N3O. The molecule has 0 aliphatic carbocycles. The Morgan fingerprint density at radius 2 is 2.10 bits per heavy atom. The van der Waals surface area contributed by atoms with Crippen LogP contribution in [0.3, 0.4) is 0 Å². The van der Waals surface area contributed by atoms with Gasteiger partial charge in [-0.05, 0) is 25.0 Å². The van der Waals surface area contributed by atoms with Crippen molar-refractivity contribution in [1.29, 1.82) is 0 Å². The lowest BCUT2D eigenvalue weighted by Gasteiger charge is -2.32. The van der Waals surface area contributed by atoms with Crippen LogP contribution in [0.25, 0.3) is 11.0 Å². The highest BCUT2D eigenvalue weighted by atomic mass is 19.4. The van der Waals surface area contributed by atoms with Gasteiger partial charge in [0.15, 0.2) is 0 Å². The molecule has 1 aromatic heterocycles. The number of hydrogen-bond acceptors (Lipinski definition) is 2. The number of H-pyrrole nitrogens is 1. The van der Waals surface area contributed by atoms with E-state index in [1.165, 1.54) is 0 Å². The third-order valence-electron chi connectivity index (χ3n) is 3.75. The van der Waals surface area contributed by atoms with E-state index in [9.17, 15) is 18.0 Å². The molecule has 1 aliphatic heterocycles. The number of aromatic amines is 1. The molecular weight excluding hydrogens is 283 g/mol. The highest BCUT2D eigenvalue weighted by Crippen LogP contribution is 2.29. The Kier molecular flexibility index (Phi) is 3.35. The van der Waals surface area contributed by atoms with Crippen LogP contribution in [-0.4, -0.2) is 40.0 Å². The number of rotatable bonds is 1. The van der Waals surface area contributed by atoms with Crippen molar-refractivity contribution in [3.8, 4) is 0 Å². The summed E-state index contributed by atoms with van der Waals surface area (Å²) in [5.74, 6) is -1.29. The average molecular weight is 297 g/mol. The molecule has 112 valence electrons. The number of halogens is 3. The van der Waals surface area contributed by atoms with Crippen LogP contribution < -0.4 is 0 Å². The molecule has 0 unspecified atom stereocenters. The molecule has 2 heterocycles. The van der Waals surface area contributed by atoms with E-state index >= 15 is 0 Å². The first kappa shape index (κ1) is 13.9. The fraction of sp³-hybridized carbons (Fsp3) is 0.429. The third-order valence-corrected chi connectivity index (χ3v) is 3.75. The van der Waals surface area contributed by atoms with Gasteiger partial charge in [-0.25, -0.2) is 4.98 Å². The van der Waals surface area contributed by atoms with E-state index in [0.29, 0.717) is 12.2 Å². The van der Waals surface area contributed by atoms with E-state index in [1.54, 1.807) is 0 Å². The first-order chi connectivity index (χ1) is 9.95. The number of aromatic nitrogens is 2. The summed E-state index contributed by atoms with van der Waals surface area (Å²) in [6.45, 7) is 0.202. The number of carbonyl (C=O) groups is 1. The number of amides is 1. The number of piperidine rings is 1. The van der Waals surface area contributed by atoms with Crippen molar-refractivity contribution in [1.82, 2.24) is 14.9 Å². The van der Waals surface area contributed by atoms with Crippen molar-refractivity contribution in [3.63, 3.8) is 0 Å². The molecule has 1 fully saturated rings. The van der Waals surface area contributed by atoms with Crippen molar-refractivity contribution in [2.45, 2.75) is 24.9 Å². The summed E-state index contributed by atoms with van der Waals surface area (Å²) in [6, 6.07) is 7.43. The minimum atomic E-state index is -4.81. The number of alkyl halides is 3. The molecule has 21 heavy (non-hydrogen) atoms. The Morgan fingerprint density at radius 3 is 2.81 bits per heavy atom. The summed E-state index contributed by atoms with van der Waals surface area (Å²) in [5, 5.41) is 0. The smallest absolute Gasteiger partial charge is 0.342 e. The fourth-order valence-corrected chi connectivity index (χ4v) is 2.73. The SMILES string of the molecule is O=C(N1CCC[C@H](c2nc3ccccc3[nH]2)C1)C(F)(F)F. The normalized spacial score (nSPS) is 20.0. The van der Waals surface area contributed by atoms with E-state index in [4.69, 9.17) is 0 Å². The Labute approximate surface area is 119 Å². The number of benzene rings is 1. The van der Waals surface area contributed by atoms with E-state index in [2.05, 4.69) is 9.97 Å².